The number of thioether (sulfide) groups is 1. The predicted octanol–water partition coefficient (Wildman–Crippen LogP) is 2.38. The normalized spacial score (nSPS) is 12.4. The van der Waals surface area contributed by atoms with Crippen LogP contribution in [0.4, 0.5) is 0 Å². The van der Waals surface area contributed by atoms with Gasteiger partial charge >= 0.3 is 0 Å². The Bertz CT molecular complexity index is 590. The molecule has 1 rings (SSSR count). The molecule has 0 saturated carbocycles. The third-order valence-corrected chi connectivity index (χ3v) is 6.48. The van der Waals surface area contributed by atoms with Gasteiger partial charge in [-0.05, 0) is 26.0 Å². The topological polar surface area (TPSA) is 70.6 Å². The zero-order chi connectivity index (χ0) is 16.6. The maximum absolute atomic E-state index is 11.7. The molecule has 2 N–H and O–H groups in total. The van der Waals surface area contributed by atoms with Crippen molar-refractivity contribution in [3.05, 3.63) is 30.3 Å². The lowest BCUT2D eigenvalue weighted by molar-refractivity contribution is 0.544. The molecular weight excluding hydrogens is 445 g/mol. The highest BCUT2D eigenvalue weighted by atomic mass is 127. The highest BCUT2D eigenvalue weighted by molar-refractivity contribution is 14.0. The summed E-state index contributed by atoms with van der Waals surface area (Å²) in [7, 11) is -1.44. The first-order valence-corrected chi connectivity index (χ1v) is 9.96. The summed E-state index contributed by atoms with van der Waals surface area (Å²) in [6, 6.07) is 10.2. The molecule has 0 aliphatic carbocycles. The molecule has 0 radical (unpaired) electrons. The average molecular weight is 471 g/mol. The van der Waals surface area contributed by atoms with Gasteiger partial charge in [-0.15, -0.1) is 35.7 Å². The fourth-order valence-corrected chi connectivity index (χ4v) is 2.63. The first-order chi connectivity index (χ1) is 10.3. The Morgan fingerprint density at radius 1 is 1.22 bits per heavy atom. The highest BCUT2D eigenvalue weighted by Gasteiger charge is 2.30. The summed E-state index contributed by atoms with van der Waals surface area (Å²) in [5.41, 5.74) is 0. The number of hydrogen-bond donors (Lipinski definition) is 2. The molecule has 0 aliphatic heterocycles. The standard InChI is InChI=1S/C15H25N3O2S2.HI/c1-15(2,22(4,19)20)12-18-14(16-3)17-10-11-21-13-8-6-5-7-9-13;/h5-9H,10-12H2,1-4H3,(H2,16,17,18);1H. The summed E-state index contributed by atoms with van der Waals surface area (Å²) in [5, 5.41) is 6.25. The van der Waals surface area contributed by atoms with Crippen LogP contribution in [-0.4, -0.2) is 51.3 Å². The Hall–Kier alpha value is -0.480. The molecule has 23 heavy (non-hydrogen) atoms. The summed E-state index contributed by atoms with van der Waals surface area (Å²) < 4.78 is 22.5. The molecule has 5 nitrogen and oxygen atoms in total. The molecule has 0 spiro atoms. The van der Waals surface area contributed by atoms with E-state index in [2.05, 4.69) is 27.8 Å². The van der Waals surface area contributed by atoms with Gasteiger partial charge in [0.1, 0.15) is 0 Å². The number of halogens is 1. The van der Waals surface area contributed by atoms with Gasteiger partial charge in [0, 0.05) is 37.0 Å². The van der Waals surface area contributed by atoms with Gasteiger partial charge < -0.3 is 10.6 Å². The van der Waals surface area contributed by atoms with Gasteiger partial charge in [-0.1, -0.05) is 18.2 Å². The molecule has 132 valence electrons. The monoisotopic (exact) mass is 471 g/mol. The number of rotatable bonds is 7. The lowest BCUT2D eigenvalue weighted by Crippen LogP contribution is -2.48. The Morgan fingerprint density at radius 2 is 1.83 bits per heavy atom. The molecule has 0 amide bonds. The van der Waals surface area contributed by atoms with Gasteiger partial charge in [-0.2, -0.15) is 0 Å². The Labute approximate surface area is 161 Å². The number of benzene rings is 1. The minimum absolute atomic E-state index is 0. The van der Waals surface area contributed by atoms with Crippen LogP contribution in [0.5, 0.6) is 0 Å². The number of sulfone groups is 1. The van der Waals surface area contributed by atoms with Crippen LogP contribution in [0.2, 0.25) is 0 Å². The maximum Gasteiger partial charge on any atom is 0.191 e. The van der Waals surface area contributed by atoms with Crippen molar-refractivity contribution >= 4 is 51.5 Å². The van der Waals surface area contributed by atoms with Crippen LogP contribution in [0, 0.1) is 0 Å². The molecule has 0 bridgehead atoms. The van der Waals surface area contributed by atoms with E-state index in [0.717, 1.165) is 12.3 Å². The zero-order valence-electron chi connectivity index (χ0n) is 14.0. The van der Waals surface area contributed by atoms with E-state index >= 15 is 0 Å². The van der Waals surface area contributed by atoms with E-state index in [1.165, 1.54) is 11.2 Å². The molecule has 0 fully saturated rings. The third-order valence-electron chi connectivity index (χ3n) is 3.32. The largest absolute Gasteiger partial charge is 0.356 e. The van der Waals surface area contributed by atoms with Crippen LogP contribution in [0.1, 0.15) is 13.8 Å². The smallest absolute Gasteiger partial charge is 0.191 e. The quantitative estimate of drug-likeness (QED) is 0.210. The molecule has 1 aromatic rings. The van der Waals surface area contributed by atoms with Gasteiger partial charge in [0.05, 0.1) is 4.75 Å². The molecule has 0 aromatic heterocycles. The Morgan fingerprint density at radius 3 is 2.35 bits per heavy atom. The summed E-state index contributed by atoms with van der Waals surface area (Å²) in [5.74, 6) is 1.52. The second-order valence-electron chi connectivity index (χ2n) is 5.55. The van der Waals surface area contributed by atoms with Crippen molar-refractivity contribution in [1.29, 1.82) is 0 Å². The molecule has 0 heterocycles. The van der Waals surface area contributed by atoms with Crippen molar-refractivity contribution < 1.29 is 8.42 Å². The van der Waals surface area contributed by atoms with Crippen molar-refractivity contribution in [2.45, 2.75) is 23.5 Å². The molecule has 0 aliphatic rings. The summed E-state index contributed by atoms with van der Waals surface area (Å²) >= 11 is 1.76. The van der Waals surface area contributed by atoms with E-state index in [1.807, 2.05) is 18.2 Å². The van der Waals surface area contributed by atoms with Gasteiger partial charge in [-0.3, -0.25) is 4.99 Å². The SMILES string of the molecule is CN=C(NCCSc1ccccc1)NCC(C)(C)S(C)(=O)=O.I. The van der Waals surface area contributed by atoms with Crippen LogP contribution in [-0.2, 0) is 9.84 Å². The van der Waals surface area contributed by atoms with Crippen molar-refractivity contribution in [2.75, 3.05) is 32.1 Å². The summed E-state index contributed by atoms with van der Waals surface area (Å²) in [4.78, 5) is 5.34. The van der Waals surface area contributed by atoms with Crippen molar-refractivity contribution in [3.8, 4) is 0 Å². The van der Waals surface area contributed by atoms with E-state index in [4.69, 9.17) is 0 Å². The minimum atomic E-state index is -3.12. The van der Waals surface area contributed by atoms with Crippen molar-refractivity contribution in [1.82, 2.24) is 10.6 Å². The van der Waals surface area contributed by atoms with E-state index in [1.54, 1.807) is 32.7 Å². The fourth-order valence-electron chi connectivity index (χ4n) is 1.50. The second-order valence-corrected chi connectivity index (χ2v) is 9.36. The van der Waals surface area contributed by atoms with E-state index in [9.17, 15) is 8.42 Å². The Balaban J connectivity index is 0.00000484. The van der Waals surface area contributed by atoms with Crippen LogP contribution in [0.25, 0.3) is 0 Å². The van der Waals surface area contributed by atoms with E-state index < -0.39 is 14.6 Å². The number of nitrogens with one attached hydrogen (secondary N) is 2. The first kappa shape index (κ1) is 22.5. The van der Waals surface area contributed by atoms with Crippen molar-refractivity contribution in [2.24, 2.45) is 4.99 Å². The van der Waals surface area contributed by atoms with Crippen LogP contribution in [0.15, 0.2) is 40.2 Å². The average Bonchev–Trinajstić information content (AvgIpc) is 2.46. The van der Waals surface area contributed by atoms with E-state index in [0.29, 0.717) is 12.5 Å². The summed E-state index contributed by atoms with van der Waals surface area (Å²) in [6.07, 6.45) is 1.25. The van der Waals surface area contributed by atoms with Gasteiger partial charge in [0.2, 0.25) is 0 Å². The van der Waals surface area contributed by atoms with Gasteiger partial charge in [0.25, 0.3) is 0 Å². The van der Waals surface area contributed by atoms with Crippen LogP contribution >= 0.6 is 35.7 Å². The van der Waals surface area contributed by atoms with Gasteiger partial charge in [0.15, 0.2) is 15.8 Å². The van der Waals surface area contributed by atoms with E-state index in [-0.39, 0.29) is 24.0 Å². The predicted molar refractivity (Wildman–Crippen MR) is 111 cm³/mol. The molecular formula is C15H26IN3O2S2. The number of nitrogens with zero attached hydrogens (tertiary/aromatic N) is 1. The molecule has 1 aromatic carbocycles. The number of aliphatic imine (C=N–C) groups is 1. The molecule has 8 heteroatoms. The Kier molecular flexibility index (Phi) is 10.2. The van der Waals surface area contributed by atoms with Crippen molar-refractivity contribution in [3.63, 3.8) is 0 Å². The third kappa shape index (κ3) is 8.25. The first-order valence-electron chi connectivity index (χ1n) is 7.08. The second kappa shape index (κ2) is 10.4. The zero-order valence-corrected chi connectivity index (χ0v) is 18.0. The summed E-state index contributed by atoms with van der Waals surface area (Å²) in [6.45, 7) is 4.47. The molecule has 0 unspecified atom stereocenters. The molecule has 0 atom stereocenters. The van der Waals surface area contributed by atoms with Gasteiger partial charge in [-0.25, -0.2) is 8.42 Å². The lowest BCUT2D eigenvalue weighted by atomic mass is 10.2. The van der Waals surface area contributed by atoms with Crippen LogP contribution < -0.4 is 10.6 Å². The highest BCUT2D eigenvalue weighted by Crippen LogP contribution is 2.16. The van der Waals surface area contributed by atoms with Crippen LogP contribution in [0.3, 0.4) is 0 Å². The number of guanidine groups is 1. The molecule has 0 saturated heterocycles. The fraction of sp³-hybridized carbons (Fsp3) is 0.533. The lowest BCUT2D eigenvalue weighted by Gasteiger charge is -2.24. The maximum atomic E-state index is 11.7. The number of hydrogen-bond acceptors (Lipinski definition) is 4. The minimum Gasteiger partial charge on any atom is -0.356 e.